The van der Waals surface area contributed by atoms with Crippen LogP contribution in [0, 0.1) is 10.1 Å². The van der Waals surface area contributed by atoms with Crippen LogP contribution in [-0.4, -0.2) is 63.4 Å². The molecule has 3 heterocycles. The van der Waals surface area contributed by atoms with Gasteiger partial charge in [-0.3, -0.25) is 4.57 Å². The van der Waals surface area contributed by atoms with Gasteiger partial charge in [0.2, 0.25) is 0 Å². The van der Waals surface area contributed by atoms with Gasteiger partial charge < -0.3 is 35.5 Å². The summed E-state index contributed by atoms with van der Waals surface area (Å²) >= 11 is 0. The third-order valence-electron chi connectivity index (χ3n) is 5.04. The second-order valence-electron chi connectivity index (χ2n) is 7.31. The number of hydrogen-bond acceptors (Lipinski definition) is 7. The molecular weight excluding hydrogens is 380 g/mol. The molecular formula is C18H24N6O5. The molecule has 1 aromatic heterocycles. The van der Waals surface area contributed by atoms with Gasteiger partial charge in [-0.1, -0.05) is 0 Å². The fourth-order valence-electron chi connectivity index (χ4n) is 3.34. The molecule has 0 unspecified atom stereocenters. The van der Waals surface area contributed by atoms with Gasteiger partial charge in [0.05, 0.1) is 6.54 Å². The number of fused-ring (bicyclic) bond motifs is 1. The number of aromatic nitrogens is 2. The molecule has 2 aromatic rings. The minimum atomic E-state index is -0.929. The Balaban J connectivity index is 0.000000204. The van der Waals surface area contributed by atoms with Crippen LogP contribution in [0.25, 0.3) is 0 Å². The van der Waals surface area contributed by atoms with Gasteiger partial charge in [-0.2, -0.15) is 0 Å². The monoisotopic (exact) mass is 404 g/mol. The predicted octanol–water partition coefficient (Wildman–Crippen LogP) is 2.03. The summed E-state index contributed by atoms with van der Waals surface area (Å²) in [5.74, 6) is -0.229. The SMILES string of the molecule is CN(C)c1ccc(N)cc1.O=C(O)N1CCC2(CC1)Cn1cc([N+](=O)[O-])nc1O2. The van der Waals surface area contributed by atoms with Crippen molar-refractivity contribution < 1.29 is 19.6 Å². The maximum Gasteiger partial charge on any atom is 0.415 e. The molecule has 156 valence electrons. The Morgan fingerprint density at radius 3 is 2.41 bits per heavy atom. The van der Waals surface area contributed by atoms with Crippen LogP contribution in [0.2, 0.25) is 0 Å². The molecule has 0 bridgehead atoms. The second-order valence-corrected chi connectivity index (χ2v) is 7.31. The Morgan fingerprint density at radius 1 is 1.31 bits per heavy atom. The number of nitrogens with two attached hydrogens (primary N) is 1. The zero-order valence-corrected chi connectivity index (χ0v) is 16.3. The summed E-state index contributed by atoms with van der Waals surface area (Å²) in [6.45, 7) is 1.29. The van der Waals surface area contributed by atoms with E-state index in [1.807, 2.05) is 43.3 Å². The molecule has 1 fully saturated rings. The maximum absolute atomic E-state index is 10.8. The van der Waals surface area contributed by atoms with Crippen molar-refractivity contribution in [2.75, 3.05) is 37.8 Å². The van der Waals surface area contributed by atoms with Crippen LogP contribution >= 0.6 is 0 Å². The minimum Gasteiger partial charge on any atom is -0.465 e. The fraction of sp³-hybridized carbons (Fsp3) is 0.444. The molecule has 3 N–H and O–H groups in total. The van der Waals surface area contributed by atoms with E-state index < -0.39 is 16.6 Å². The lowest BCUT2D eigenvalue weighted by molar-refractivity contribution is -0.389. The number of likely N-dealkylation sites (tertiary alicyclic amines) is 1. The van der Waals surface area contributed by atoms with Gasteiger partial charge in [-0.25, -0.2) is 4.79 Å². The predicted molar refractivity (Wildman–Crippen MR) is 106 cm³/mol. The van der Waals surface area contributed by atoms with Gasteiger partial charge in [0.1, 0.15) is 11.8 Å². The molecule has 0 atom stereocenters. The third kappa shape index (κ3) is 4.50. The van der Waals surface area contributed by atoms with Crippen molar-refractivity contribution in [3.63, 3.8) is 0 Å². The van der Waals surface area contributed by atoms with E-state index in [-0.39, 0.29) is 11.8 Å². The topological polar surface area (TPSA) is 140 Å². The lowest BCUT2D eigenvalue weighted by Crippen LogP contribution is -2.49. The molecule has 1 spiro atoms. The summed E-state index contributed by atoms with van der Waals surface area (Å²) in [6.07, 6.45) is 1.56. The van der Waals surface area contributed by atoms with E-state index in [0.29, 0.717) is 32.5 Å². The minimum absolute atomic E-state index is 0.229. The first kappa shape index (κ1) is 20.2. The van der Waals surface area contributed by atoms with Crippen molar-refractivity contribution in [3.05, 3.63) is 40.6 Å². The van der Waals surface area contributed by atoms with Crippen LogP contribution in [0.15, 0.2) is 30.5 Å². The Labute approximate surface area is 167 Å². The lowest BCUT2D eigenvalue weighted by Gasteiger charge is -2.36. The zero-order valence-electron chi connectivity index (χ0n) is 16.3. The second kappa shape index (κ2) is 7.86. The normalized spacial score (nSPS) is 16.4. The van der Waals surface area contributed by atoms with Gasteiger partial charge in [-0.05, 0) is 29.2 Å². The number of nitrogens with zero attached hydrogens (tertiary/aromatic N) is 5. The first-order chi connectivity index (χ1) is 13.7. The Bertz CT molecular complexity index is 861. The number of rotatable bonds is 2. The summed E-state index contributed by atoms with van der Waals surface area (Å²) in [5.41, 5.74) is 7.03. The molecule has 11 nitrogen and oxygen atoms in total. The number of anilines is 2. The molecule has 1 saturated heterocycles. The van der Waals surface area contributed by atoms with Crippen molar-refractivity contribution in [2.24, 2.45) is 0 Å². The average molecular weight is 404 g/mol. The van der Waals surface area contributed by atoms with Crippen LogP contribution in [-0.2, 0) is 6.54 Å². The van der Waals surface area contributed by atoms with E-state index in [4.69, 9.17) is 15.6 Å². The number of nitrogen functional groups attached to an aromatic ring is 1. The molecule has 2 aliphatic rings. The number of hydrogen-bond donors (Lipinski definition) is 2. The highest BCUT2D eigenvalue weighted by atomic mass is 16.6. The van der Waals surface area contributed by atoms with Gasteiger partial charge >= 0.3 is 17.9 Å². The van der Waals surface area contributed by atoms with Crippen LogP contribution in [0.5, 0.6) is 6.01 Å². The highest BCUT2D eigenvalue weighted by Crippen LogP contribution is 2.37. The fourth-order valence-corrected chi connectivity index (χ4v) is 3.34. The first-order valence-corrected chi connectivity index (χ1v) is 9.10. The zero-order chi connectivity index (χ0) is 21.2. The molecule has 11 heteroatoms. The van der Waals surface area contributed by atoms with Crippen molar-refractivity contribution >= 4 is 23.3 Å². The smallest absolute Gasteiger partial charge is 0.415 e. The third-order valence-corrected chi connectivity index (χ3v) is 5.04. The van der Waals surface area contributed by atoms with Crippen molar-refractivity contribution in [2.45, 2.75) is 25.0 Å². The molecule has 0 aliphatic carbocycles. The number of amides is 1. The first-order valence-electron chi connectivity index (χ1n) is 9.10. The van der Waals surface area contributed by atoms with Crippen LogP contribution in [0.4, 0.5) is 22.0 Å². The number of piperidine rings is 1. The Kier molecular flexibility index (Phi) is 5.48. The van der Waals surface area contributed by atoms with Crippen LogP contribution in [0.1, 0.15) is 12.8 Å². The summed E-state index contributed by atoms with van der Waals surface area (Å²) in [7, 11) is 4.01. The maximum atomic E-state index is 10.8. The molecule has 29 heavy (non-hydrogen) atoms. The molecule has 2 aliphatic heterocycles. The van der Waals surface area contributed by atoms with Crippen molar-refractivity contribution in [3.8, 4) is 6.01 Å². The molecule has 0 saturated carbocycles. The van der Waals surface area contributed by atoms with E-state index in [9.17, 15) is 14.9 Å². The van der Waals surface area contributed by atoms with Gasteiger partial charge in [0.25, 0.3) is 0 Å². The van der Waals surface area contributed by atoms with Gasteiger partial charge in [0.15, 0.2) is 0 Å². The number of nitro groups is 1. The summed E-state index contributed by atoms with van der Waals surface area (Å²) < 4.78 is 7.34. The van der Waals surface area contributed by atoms with Crippen molar-refractivity contribution in [1.29, 1.82) is 0 Å². The summed E-state index contributed by atoms with van der Waals surface area (Å²) in [6, 6.07) is 8.03. The highest BCUT2D eigenvalue weighted by molar-refractivity contribution is 5.65. The average Bonchev–Trinajstić information content (AvgIpc) is 3.19. The standard InChI is InChI=1S/C10H12N4O5.C8H12N2/c15-9(16)12-3-1-10(2-4-12)6-13-5-7(14(17)18)11-8(13)19-10;1-10(2)8-5-3-7(9)4-6-8/h5H,1-4,6H2,(H,15,16);3-6H,9H2,1-2H3. The van der Waals surface area contributed by atoms with Gasteiger partial charge in [-0.15, -0.1) is 0 Å². The van der Waals surface area contributed by atoms with Gasteiger partial charge in [0, 0.05) is 56.4 Å². The van der Waals surface area contributed by atoms with E-state index >= 15 is 0 Å². The summed E-state index contributed by atoms with van der Waals surface area (Å²) in [4.78, 5) is 28.1. The van der Waals surface area contributed by atoms with Crippen molar-refractivity contribution in [1.82, 2.24) is 14.5 Å². The van der Waals surface area contributed by atoms with E-state index in [1.165, 1.54) is 16.8 Å². The number of imidazole rings is 1. The lowest BCUT2D eigenvalue weighted by atomic mass is 9.92. The van der Waals surface area contributed by atoms with E-state index in [2.05, 4.69) is 4.98 Å². The number of carbonyl (C=O) groups is 1. The molecule has 1 aromatic carbocycles. The van der Waals surface area contributed by atoms with E-state index in [1.54, 1.807) is 4.57 Å². The van der Waals surface area contributed by atoms with Crippen LogP contribution < -0.4 is 15.4 Å². The molecule has 4 rings (SSSR count). The van der Waals surface area contributed by atoms with Crippen LogP contribution in [0.3, 0.4) is 0 Å². The number of benzene rings is 1. The number of ether oxygens (including phenoxy) is 1. The molecule has 1 amide bonds. The Morgan fingerprint density at radius 2 is 1.93 bits per heavy atom. The Hall–Kier alpha value is -3.50. The largest absolute Gasteiger partial charge is 0.465 e. The van der Waals surface area contributed by atoms with E-state index in [0.717, 1.165) is 5.69 Å². The molecule has 0 radical (unpaired) electrons. The number of carboxylic acid groups (broad SMARTS) is 1. The summed E-state index contributed by atoms with van der Waals surface area (Å²) in [5, 5.41) is 19.5. The quantitative estimate of drug-likeness (QED) is 0.440. The highest BCUT2D eigenvalue weighted by Gasteiger charge is 2.46.